The largest absolute Gasteiger partial charge is 0.493 e. The number of likely N-dealkylation sites (tertiary alicyclic amines) is 1. The number of halogens is 2. The Kier molecular flexibility index (Phi) is 8.00. The number of aryl methyl sites for hydroxylation is 2. The highest BCUT2D eigenvalue weighted by Crippen LogP contribution is 2.26. The second-order valence-corrected chi connectivity index (χ2v) is 8.03. The summed E-state index contributed by atoms with van der Waals surface area (Å²) >= 11 is 12.1. The minimum atomic E-state index is 0.503. The monoisotopic (exact) mass is 439 g/mol. The molecule has 158 valence electrons. The Bertz CT molecular complexity index is 799. The highest BCUT2D eigenvalue weighted by atomic mass is 35.5. The third-order valence-corrected chi connectivity index (χ3v) is 5.30. The molecule has 7 nitrogen and oxygen atoms in total. The number of piperidine rings is 1. The van der Waals surface area contributed by atoms with Crippen LogP contribution >= 0.6 is 23.2 Å². The van der Waals surface area contributed by atoms with Crippen LogP contribution in [0.25, 0.3) is 0 Å². The molecule has 1 aromatic heterocycles. The van der Waals surface area contributed by atoms with Gasteiger partial charge in [-0.05, 0) is 50.3 Å². The zero-order valence-corrected chi connectivity index (χ0v) is 18.3. The van der Waals surface area contributed by atoms with Crippen LogP contribution in [0.3, 0.4) is 0 Å². The molecule has 0 spiro atoms. The van der Waals surface area contributed by atoms with Gasteiger partial charge in [-0.25, -0.2) is 0 Å². The van der Waals surface area contributed by atoms with Gasteiger partial charge in [-0.2, -0.15) is 4.98 Å². The molecule has 0 aliphatic carbocycles. The molecule has 9 heteroatoms. The summed E-state index contributed by atoms with van der Waals surface area (Å²) in [7, 11) is 1.82. The van der Waals surface area contributed by atoms with Crippen LogP contribution in [-0.2, 0) is 6.42 Å². The van der Waals surface area contributed by atoms with Crippen molar-refractivity contribution >= 4 is 29.2 Å². The average Bonchev–Trinajstić information content (AvgIpc) is 3.11. The number of ether oxygens (including phenoxy) is 1. The van der Waals surface area contributed by atoms with Crippen LogP contribution in [0, 0.1) is 12.8 Å². The van der Waals surface area contributed by atoms with E-state index in [0.717, 1.165) is 57.0 Å². The predicted molar refractivity (Wildman–Crippen MR) is 115 cm³/mol. The van der Waals surface area contributed by atoms with E-state index in [1.165, 1.54) is 0 Å². The van der Waals surface area contributed by atoms with Crippen LogP contribution in [-0.4, -0.2) is 54.3 Å². The molecule has 2 heterocycles. The zero-order chi connectivity index (χ0) is 20.6. The van der Waals surface area contributed by atoms with E-state index in [1.54, 1.807) is 18.2 Å². The molecule has 1 N–H and O–H groups in total. The summed E-state index contributed by atoms with van der Waals surface area (Å²) < 4.78 is 11.0. The third kappa shape index (κ3) is 6.78. The smallest absolute Gasteiger partial charge is 0.226 e. The molecule has 0 unspecified atom stereocenters. The molecule has 1 aliphatic heterocycles. The van der Waals surface area contributed by atoms with Crippen molar-refractivity contribution in [2.45, 2.75) is 32.6 Å². The second kappa shape index (κ2) is 10.7. The number of hydrogen-bond donors (Lipinski definition) is 1. The van der Waals surface area contributed by atoms with Crippen LogP contribution in [0.1, 0.15) is 31.0 Å². The van der Waals surface area contributed by atoms with E-state index in [9.17, 15) is 0 Å². The third-order valence-electron chi connectivity index (χ3n) is 4.87. The topological polar surface area (TPSA) is 75.8 Å². The van der Waals surface area contributed by atoms with E-state index in [0.29, 0.717) is 34.3 Å². The highest BCUT2D eigenvalue weighted by molar-refractivity contribution is 6.34. The van der Waals surface area contributed by atoms with Crippen LogP contribution in [0.4, 0.5) is 0 Å². The maximum atomic E-state index is 6.03. The number of aromatic nitrogens is 2. The molecule has 3 rings (SSSR count). The van der Waals surface area contributed by atoms with Crippen molar-refractivity contribution < 1.29 is 9.26 Å². The number of aliphatic imine (C=N–C) groups is 1. The summed E-state index contributed by atoms with van der Waals surface area (Å²) in [6.45, 7) is 5.21. The highest BCUT2D eigenvalue weighted by Gasteiger charge is 2.22. The maximum absolute atomic E-state index is 6.03. The molecular weight excluding hydrogens is 413 g/mol. The molecule has 0 radical (unpaired) electrons. The Morgan fingerprint density at radius 3 is 2.62 bits per heavy atom. The summed E-state index contributed by atoms with van der Waals surface area (Å²) in [6.07, 6.45) is 3.78. The number of hydrogen-bond acceptors (Lipinski definition) is 5. The number of rotatable bonds is 7. The van der Waals surface area contributed by atoms with E-state index in [1.807, 2.05) is 14.0 Å². The summed E-state index contributed by atoms with van der Waals surface area (Å²) in [5.41, 5.74) is 0. The van der Waals surface area contributed by atoms with Gasteiger partial charge in [-0.15, -0.1) is 0 Å². The van der Waals surface area contributed by atoms with Gasteiger partial charge in [0.25, 0.3) is 0 Å². The Labute approximate surface area is 181 Å². The van der Waals surface area contributed by atoms with E-state index in [4.69, 9.17) is 32.5 Å². The summed E-state index contributed by atoms with van der Waals surface area (Å²) in [5.74, 6) is 3.52. The number of guanidine groups is 1. The molecule has 1 fully saturated rings. The first-order chi connectivity index (χ1) is 14.0. The van der Waals surface area contributed by atoms with Crippen molar-refractivity contribution in [3.05, 3.63) is 40.0 Å². The van der Waals surface area contributed by atoms with Crippen molar-refractivity contribution in [1.82, 2.24) is 20.4 Å². The number of benzene rings is 1. The van der Waals surface area contributed by atoms with Crippen LogP contribution in [0.5, 0.6) is 5.75 Å². The molecule has 0 amide bonds. The van der Waals surface area contributed by atoms with E-state index in [2.05, 4.69) is 25.3 Å². The molecule has 1 aromatic carbocycles. The lowest BCUT2D eigenvalue weighted by atomic mass is 9.98. The van der Waals surface area contributed by atoms with Crippen molar-refractivity contribution in [1.29, 1.82) is 0 Å². The fourth-order valence-corrected chi connectivity index (χ4v) is 3.86. The summed E-state index contributed by atoms with van der Waals surface area (Å²) in [4.78, 5) is 10.9. The molecular formula is C20H27Cl2N5O2. The zero-order valence-electron chi connectivity index (χ0n) is 16.8. The molecule has 0 bridgehead atoms. The van der Waals surface area contributed by atoms with Gasteiger partial charge in [-0.3, -0.25) is 4.99 Å². The maximum Gasteiger partial charge on any atom is 0.226 e. The summed E-state index contributed by atoms with van der Waals surface area (Å²) in [5, 5.41) is 8.41. The van der Waals surface area contributed by atoms with Gasteiger partial charge in [0.05, 0.1) is 6.61 Å². The quantitative estimate of drug-likeness (QED) is 0.399. The van der Waals surface area contributed by atoms with Crippen molar-refractivity contribution in [2.75, 3.05) is 33.3 Å². The number of nitrogens with one attached hydrogen (secondary N) is 1. The minimum Gasteiger partial charge on any atom is -0.493 e. The fraction of sp³-hybridized carbons (Fsp3) is 0.550. The standard InChI is InChI=1S/C20H27Cl2N5O2/c1-14-25-19(29-26-14)4-3-7-24-20(23-2)27-8-5-15(6-9-27)13-28-18-11-16(21)10-17(22)12-18/h10-12,15H,3-9,13H2,1-2H3,(H,23,24). The van der Waals surface area contributed by atoms with Crippen molar-refractivity contribution in [3.8, 4) is 5.75 Å². The van der Waals surface area contributed by atoms with E-state index >= 15 is 0 Å². The molecule has 29 heavy (non-hydrogen) atoms. The van der Waals surface area contributed by atoms with Crippen molar-refractivity contribution in [2.24, 2.45) is 10.9 Å². The van der Waals surface area contributed by atoms with Crippen LogP contribution in [0.15, 0.2) is 27.7 Å². The van der Waals surface area contributed by atoms with Gasteiger partial charge in [0.15, 0.2) is 11.8 Å². The molecule has 1 aliphatic rings. The first-order valence-corrected chi connectivity index (χ1v) is 10.6. The SMILES string of the molecule is CN=C(NCCCc1nc(C)no1)N1CCC(COc2cc(Cl)cc(Cl)c2)CC1. The van der Waals surface area contributed by atoms with Gasteiger partial charge < -0.3 is 19.5 Å². The lowest BCUT2D eigenvalue weighted by Gasteiger charge is -2.34. The second-order valence-electron chi connectivity index (χ2n) is 7.16. The Balaban J connectivity index is 1.36. The molecule has 2 aromatic rings. The Morgan fingerprint density at radius 2 is 2.00 bits per heavy atom. The first-order valence-electron chi connectivity index (χ1n) is 9.87. The lowest BCUT2D eigenvalue weighted by molar-refractivity contribution is 0.179. The molecule has 0 atom stereocenters. The summed E-state index contributed by atoms with van der Waals surface area (Å²) in [6, 6.07) is 5.30. The number of nitrogens with zero attached hydrogens (tertiary/aromatic N) is 4. The van der Waals surface area contributed by atoms with Gasteiger partial charge in [-0.1, -0.05) is 28.4 Å². The normalized spacial score (nSPS) is 15.6. The first kappa shape index (κ1) is 21.7. The van der Waals surface area contributed by atoms with Gasteiger partial charge in [0.1, 0.15) is 5.75 Å². The van der Waals surface area contributed by atoms with Gasteiger partial charge in [0, 0.05) is 43.1 Å². The van der Waals surface area contributed by atoms with Crippen LogP contribution < -0.4 is 10.1 Å². The minimum absolute atomic E-state index is 0.503. The Hall–Kier alpha value is -1.99. The predicted octanol–water partition coefficient (Wildman–Crippen LogP) is 3.98. The van der Waals surface area contributed by atoms with Crippen molar-refractivity contribution in [3.63, 3.8) is 0 Å². The van der Waals surface area contributed by atoms with E-state index in [-0.39, 0.29) is 0 Å². The van der Waals surface area contributed by atoms with Gasteiger partial charge in [0.2, 0.25) is 5.89 Å². The lowest BCUT2D eigenvalue weighted by Crippen LogP contribution is -2.46. The Morgan fingerprint density at radius 1 is 1.28 bits per heavy atom. The van der Waals surface area contributed by atoms with Crippen LogP contribution in [0.2, 0.25) is 10.0 Å². The fourth-order valence-electron chi connectivity index (χ4n) is 3.35. The molecule has 1 saturated heterocycles. The van der Waals surface area contributed by atoms with Gasteiger partial charge >= 0.3 is 0 Å². The molecule has 0 saturated carbocycles. The van der Waals surface area contributed by atoms with E-state index < -0.39 is 0 Å². The average molecular weight is 440 g/mol.